The summed E-state index contributed by atoms with van der Waals surface area (Å²) in [7, 11) is 0. The fraction of sp³-hybridized carbons (Fsp3) is 0.368. The van der Waals surface area contributed by atoms with Crippen LogP contribution in [-0.2, 0) is 20.6 Å². The molecule has 2 aliphatic heterocycles. The minimum Gasteiger partial charge on any atom is -0.505 e. The molecule has 0 saturated carbocycles. The molecule has 2 aliphatic rings. The van der Waals surface area contributed by atoms with Gasteiger partial charge in [0, 0.05) is 0 Å². The van der Waals surface area contributed by atoms with Gasteiger partial charge >= 0.3 is 0 Å². The van der Waals surface area contributed by atoms with E-state index in [4.69, 9.17) is 60.6 Å². The maximum atomic E-state index is 9.48. The Labute approximate surface area is 182 Å². The van der Waals surface area contributed by atoms with E-state index in [0.717, 1.165) is 37.6 Å². The zero-order chi connectivity index (χ0) is 20.3. The molecule has 0 bridgehead atoms. The Hall–Kier alpha value is -0.920. The van der Waals surface area contributed by atoms with Crippen LogP contribution in [-0.4, -0.2) is 48.8 Å². The van der Waals surface area contributed by atoms with Crippen molar-refractivity contribution in [3.05, 3.63) is 55.5 Å². The highest BCUT2D eigenvalue weighted by atomic mass is 35.5. The van der Waals surface area contributed by atoms with Gasteiger partial charge in [-0.2, -0.15) is 0 Å². The van der Waals surface area contributed by atoms with Crippen molar-refractivity contribution in [2.75, 3.05) is 26.4 Å². The van der Waals surface area contributed by atoms with E-state index >= 15 is 0 Å². The first kappa shape index (κ1) is 21.8. The average Bonchev–Trinajstić information content (AvgIpc) is 3.53. The summed E-state index contributed by atoms with van der Waals surface area (Å²) >= 11 is 23.4. The normalized spacial score (nSPS) is 19.7. The quantitative estimate of drug-likeness (QED) is 0.578. The monoisotopic (exact) mass is 466 g/mol. The molecule has 0 aromatic heterocycles. The largest absolute Gasteiger partial charge is 0.505 e. The third-order valence-electron chi connectivity index (χ3n) is 3.97. The fourth-order valence-corrected chi connectivity index (χ4v) is 3.40. The zero-order valence-corrected chi connectivity index (χ0v) is 17.7. The molecule has 0 aliphatic carbocycles. The molecule has 2 atom stereocenters. The van der Waals surface area contributed by atoms with Gasteiger partial charge in [0.1, 0.15) is 12.2 Å². The predicted molar refractivity (Wildman–Crippen MR) is 109 cm³/mol. The summed E-state index contributed by atoms with van der Waals surface area (Å²) in [4.78, 5) is 0. The van der Waals surface area contributed by atoms with Gasteiger partial charge in [0.2, 0.25) is 0 Å². The van der Waals surface area contributed by atoms with Crippen LogP contribution >= 0.6 is 46.4 Å². The van der Waals surface area contributed by atoms with Gasteiger partial charge in [0.15, 0.2) is 11.5 Å². The highest BCUT2D eigenvalue weighted by Gasteiger charge is 2.26. The molecule has 4 rings (SSSR count). The minimum atomic E-state index is -0.145. The Morgan fingerprint density at radius 3 is 1.36 bits per heavy atom. The van der Waals surface area contributed by atoms with Crippen LogP contribution in [0.5, 0.6) is 11.5 Å². The number of aromatic hydroxyl groups is 2. The maximum Gasteiger partial charge on any atom is 0.152 e. The molecule has 152 valence electrons. The van der Waals surface area contributed by atoms with Gasteiger partial charge in [-0.1, -0.05) is 46.4 Å². The van der Waals surface area contributed by atoms with Gasteiger partial charge in [0.05, 0.1) is 46.5 Å². The molecule has 2 heterocycles. The molecule has 5 nitrogen and oxygen atoms in total. The van der Waals surface area contributed by atoms with Gasteiger partial charge in [-0.05, 0) is 41.8 Å². The summed E-state index contributed by atoms with van der Waals surface area (Å²) in [6.07, 6.45) is 1.26. The molecule has 0 amide bonds. The van der Waals surface area contributed by atoms with E-state index in [1.54, 1.807) is 24.3 Å². The van der Waals surface area contributed by atoms with Crippen LogP contribution in [0.4, 0.5) is 0 Å². The zero-order valence-electron chi connectivity index (χ0n) is 14.6. The van der Waals surface area contributed by atoms with Crippen molar-refractivity contribution in [3.63, 3.8) is 0 Å². The van der Waals surface area contributed by atoms with Crippen LogP contribution in [0.1, 0.15) is 11.1 Å². The number of hydrogen-bond acceptors (Lipinski definition) is 5. The summed E-state index contributed by atoms with van der Waals surface area (Å²) in [5, 5.41) is 19.7. The van der Waals surface area contributed by atoms with Crippen LogP contribution in [0.2, 0.25) is 20.1 Å². The van der Waals surface area contributed by atoms with Crippen molar-refractivity contribution in [2.45, 2.75) is 18.6 Å². The highest BCUT2D eigenvalue weighted by Crippen LogP contribution is 2.36. The maximum absolute atomic E-state index is 9.48. The van der Waals surface area contributed by atoms with Gasteiger partial charge in [-0.15, -0.1) is 0 Å². The predicted octanol–water partition coefficient (Wildman–Crippen LogP) is 5.10. The van der Waals surface area contributed by atoms with Crippen LogP contribution in [0.25, 0.3) is 0 Å². The SMILES string of the molecule is C(OCC1CO1)C1CO1.Oc1c(Cl)cc(Cc2cc(Cl)c(O)c(Cl)c2)cc1Cl. The van der Waals surface area contributed by atoms with Gasteiger partial charge in [0.25, 0.3) is 0 Å². The van der Waals surface area contributed by atoms with Gasteiger partial charge < -0.3 is 24.4 Å². The molecular formula is C19H18Cl4O5. The number of phenols is 2. The number of epoxide rings is 2. The topological polar surface area (TPSA) is 74.8 Å². The van der Waals surface area contributed by atoms with Gasteiger partial charge in [-0.3, -0.25) is 0 Å². The molecule has 2 aromatic rings. The molecule has 2 aromatic carbocycles. The first-order chi connectivity index (χ1) is 13.3. The molecule has 9 heteroatoms. The summed E-state index contributed by atoms with van der Waals surface area (Å²) in [6.45, 7) is 3.26. The smallest absolute Gasteiger partial charge is 0.152 e. The Morgan fingerprint density at radius 2 is 1.07 bits per heavy atom. The van der Waals surface area contributed by atoms with Crippen molar-refractivity contribution in [1.82, 2.24) is 0 Å². The van der Waals surface area contributed by atoms with Crippen LogP contribution in [0, 0.1) is 0 Å². The van der Waals surface area contributed by atoms with Crippen molar-refractivity contribution >= 4 is 46.4 Å². The highest BCUT2D eigenvalue weighted by molar-refractivity contribution is 6.37. The third kappa shape index (κ3) is 6.56. The summed E-state index contributed by atoms with van der Waals surface area (Å²) in [5.41, 5.74) is 1.59. The lowest BCUT2D eigenvalue weighted by Crippen LogP contribution is -2.06. The Bertz CT molecular complexity index is 724. The first-order valence-electron chi connectivity index (χ1n) is 8.48. The molecule has 0 spiro atoms. The van der Waals surface area contributed by atoms with Crippen molar-refractivity contribution in [3.8, 4) is 11.5 Å². The minimum absolute atomic E-state index is 0.145. The Kier molecular flexibility index (Phi) is 7.56. The van der Waals surface area contributed by atoms with E-state index in [0.29, 0.717) is 18.6 Å². The van der Waals surface area contributed by atoms with E-state index in [-0.39, 0.29) is 31.6 Å². The number of ether oxygens (including phenoxy) is 3. The third-order valence-corrected chi connectivity index (χ3v) is 5.13. The Balaban J connectivity index is 0.000000206. The number of phenolic OH excluding ortho intramolecular Hbond substituents is 2. The first-order valence-corrected chi connectivity index (χ1v) is 9.99. The van der Waals surface area contributed by atoms with Crippen LogP contribution < -0.4 is 0 Å². The number of hydrogen-bond donors (Lipinski definition) is 2. The molecule has 2 unspecified atom stereocenters. The number of halogens is 4. The van der Waals surface area contributed by atoms with E-state index < -0.39 is 0 Å². The molecule has 2 N–H and O–H groups in total. The second-order valence-electron chi connectivity index (χ2n) is 6.44. The lowest BCUT2D eigenvalue weighted by atomic mass is 10.0. The van der Waals surface area contributed by atoms with Gasteiger partial charge in [-0.25, -0.2) is 0 Å². The molecular weight excluding hydrogens is 450 g/mol. The van der Waals surface area contributed by atoms with Crippen LogP contribution in [0.3, 0.4) is 0 Å². The second-order valence-corrected chi connectivity index (χ2v) is 8.07. The summed E-state index contributed by atoms with van der Waals surface area (Å²) in [5.74, 6) is -0.289. The van der Waals surface area contributed by atoms with E-state index in [9.17, 15) is 10.2 Å². The van der Waals surface area contributed by atoms with Crippen molar-refractivity contribution < 1.29 is 24.4 Å². The molecule has 28 heavy (non-hydrogen) atoms. The van der Waals surface area contributed by atoms with Crippen molar-refractivity contribution in [2.24, 2.45) is 0 Å². The molecule has 0 radical (unpaired) electrons. The Morgan fingerprint density at radius 1 is 0.750 bits per heavy atom. The molecule has 2 fully saturated rings. The lowest BCUT2D eigenvalue weighted by Gasteiger charge is -2.08. The summed E-state index contributed by atoms with van der Waals surface area (Å²) < 4.78 is 15.1. The summed E-state index contributed by atoms with van der Waals surface area (Å²) in [6, 6.07) is 6.43. The lowest BCUT2D eigenvalue weighted by molar-refractivity contribution is 0.102. The molecule has 2 saturated heterocycles. The van der Waals surface area contributed by atoms with E-state index in [1.165, 1.54) is 0 Å². The standard InChI is InChI=1S/C13H8Cl4O2.C6H10O3/c14-8-2-6(3-9(15)12(8)18)1-7-4-10(16)13(19)11(17)5-7;1(5-3-8-5)7-2-6-4-9-6/h2-5,18-19H,1H2;5-6H,1-4H2. The van der Waals surface area contributed by atoms with Crippen LogP contribution in [0.15, 0.2) is 24.3 Å². The average molecular weight is 468 g/mol. The number of benzene rings is 2. The fourth-order valence-electron chi connectivity index (χ4n) is 2.34. The second kappa shape index (κ2) is 9.72. The number of rotatable bonds is 6. The van der Waals surface area contributed by atoms with Crippen molar-refractivity contribution in [1.29, 1.82) is 0 Å². The van der Waals surface area contributed by atoms with E-state index in [1.807, 2.05) is 0 Å². The van der Waals surface area contributed by atoms with E-state index in [2.05, 4.69) is 0 Å².